The largest absolute Gasteiger partial charge is 0.396 e. The van der Waals surface area contributed by atoms with Crippen LogP contribution < -0.4 is 4.72 Å². The summed E-state index contributed by atoms with van der Waals surface area (Å²) in [4.78, 5) is 1.27. The molecule has 98 valence electrons. The molecule has 0 saturated heterocycles. The van der Waals surface area contributed by atoms with E-state index in [4.69, 9.17) is 0 Å². The van der Waals surface area contributed by atoms with Crippen molar-refractivity contribution in [2.24, 2.45) is 0 Å². The lowest BCUT2D eigenvalue weighted by molar-refractivity contribution is 0.242. The fourth-order valence-corrected chi connectivity index (χ4v) is 4.18. The second-order valence-corrected chi connectivity index (χ2v) is 6.97. The van der Waals surface area contributed by atoms with E-state index >= 15 is 0 Å². The first-order chi connectivity index (χ1) is 8.12. The van der Waals surface area contributed by atoms with Crippen LogP contribution in [0.2, 0.25) is 0 Å². The number of hydrogen-bond acceptors (Lipinski definition) is 4. The van der Waals surface area contributed by atoms with Crippen LogP contribution in [0.25, 0.3) is 0 Å². The molecule has 0 radical (unpaired) electrons. The molecule has 0 unspecified atom stereocenters. The van der Waals surface area contributed by atoms with Crippen molar-refractivity contribution >= 4 is 39.2 Å². The van der Waals surface area contributed by atoms with Gasteiger partial charge in [0, 0.05) is 27.1 Å². The maximum Gasteiger partial charge on any atom is 0.0617 e. The Bertz CT molecular complexity index is 332. The average molecular weight is 338 g/mol. The number of halogens is 1. The van der Waals surface area contributed by atoms with Crippen LogP contribution in [0.4, 0.5) is 0 Å². The van der Waals surface area contributed by atoms with Crippen molar-refractivity contribution in [2.45, 2.75) is 38.6 Å². The molecule has 0 spiro atoms. The molecule has 1 atom stereocenters. The summed E-state index contributed by atoms with van der Waals surface area (Å²) in [5, 5.41) is 11.3. The van der Waals surface area contributed by atoms with E-state index in [9.17, 15) is 5.11 Å². The molecule has 0 bridgehead atoms. The Morgan fingerprint density at radius 2 is 2.35 bits per heavy atom. The molecule has 17 heavy (non-hydrogen) atoms. The number of unbranched alkanes of at least 4 members (excludes halogenated alkanes) is 1. The Balaban J connectivity index is 2.61. The van der Waals surface area contributed by atoms with Crippen LogP contribution in [0.3, 0.4) is 0 Å². The molecule has 2 nitrogen and oxygen atoms in total. The first-order valence-corrected chi connectivity index (χ1v) is 8.52. The van der Waals surface area contributed by atoms with Crippen LogP contribution >= 0.6 is 39.2 Å². The highest BCUT2D eigenvalue weighted by molar-refractivity contribution is 9.10. The van der Waals surface area contributed by atoms with Gasteiger partial charge in [-0.1, -0.05) is 25.3 Å². The second kappa shape index (κ2) is 7.79. The standard InChI is InChI=1S/C12H20BrNOS2/c1-3-4-7-17-14-12(2,5-6-15)11-8-10(13)9-16-11/h8-9,14-15H,3-7H2,1-2H3/t12-/m0/s1. The number of nitrogens with one attached hydrogen (secondary N) is 1. The van der Waals surface area contributed by atoms with E-state index in [2.05, 4.69) is 45.9 Å². The van der Waals surface area contributed by atoms with Gasteiger partial charge >= 0.3 is 0 Å². The number of aliphatic hydroxyl groups is 1. The molecule has 0 aliphatic carbocycles. The van der Waals surface area contributed by atoms with Crippen LogP contribution in [-0.4, -0.2) is 17.5 Å². The zero-order valence-electron chi connectivity index (χ0n) is 10.3. The molecule has 5 heteroatoms. The summed E-state index contributed by atoms with van der Waals surface area (Å²) in [6, 6.07) is 2.13. The first kappa shape index (κ1) is 15.5. The third-order valence-corrected chi connectivity index (χ3v) is 5.66. The summed E-state index contributed by atoms with van der Waals surface area (Å²) in [5.41, 5.74) is -0.135. The van der Waals surface area contributed by atoms with Gasteiger partial charge in [0.25, 0.3) is 0 Å². The van der Waals surface area contributed by atoms with E-state index in [0.717, 1.165) is 16.6 Å². The Labute approximate surface area is 120 Å². The average Bonchev–Trinajstić information content (AvgIpc) is 2.72. The van der Waals surface area contributed by atoms with E-state index < -0.39 is 0 Å². The van der Waals surface area contributed by atoms with Gasteiger partial charge in [-0.25, -0.2) is 0 Å². The summed E-state index contributed by atoms with van der Waals surface area (Å²) in [7, 11) is 0. The zero-order chi connectivity index (χ0) is 12.7. The monoisotopic (exact) mass is 337 g/mol. The van der Waals surface area contributed by atoms with Gasteiger partial charge in [0.15, 0.2) is 0 Å². The Morgan fingerprint density at radius 1 is 1.59 bits per heavy atom. The van der Waals surface area contributed by atoms with E-state index in [1.807, 2.05) is 0 Å². The molecular weight excluding hydrogens is 318 g/mol. The van der Waals surface area contributed by atoms with Crippen LogP contribution in [0, 0.1) is 0 Å². The minimum absolute atomic E-state index is 0.135. The van der Waals surface area contributed by atoms with Crippen molar-refractivity contribution in [3.05, 3.63) is 20.8 Å². The molecule has 0 fully saturated rings. The maximum absolute atomic E-state index is 9.22. The molecule has 1 rings (SSSR count). The van der Waals surface area contributed by atoms with Gasteiger partial charge in [0.2, 0.25) is 0 Å². The maximum atomic E-state index is 9.22. The third-order valence-electron chi connectivity index (χ3n) is 2.62. The Hall–Kier alpha value is 0.450. The molecule has 0 aliphatic heterocycles. The normalized spacial score (nSPS) is 14.8. The molecule has 0 aromatic carbocycles. The van der Waals surface area contributed by atoms with Crippen LogP contribution in [0.5, 0.6) is 0 Å². The van der Waals surface area contributed by atoms with E-state index in [-0.39, 0.29) is 12.1 Å². The van der Waals surface area contributed by atoms with E-state index in [1.165, 1.54) is 17.7 Å². The Morgan fingerprint density at radius 3 is 2.88 bits per heavy atom. The van der Waals surface area contributed by atoms with Crippen molar-refractivity contribution in [2.75, 3.05) is 12.4 Å². The number of hydrogen-bond donors (Lipinski definition) is 2. The topological polar surface area (TPSA) is 32.3 Å². The number of rotatable bonds is 8. The fraction of sp³-hybridized carbons (Fsp3) is 0.667. The van der Waals surface area contributed by atoms with Gasteiger partial charge in [-0.3, -0.25) is 4.72 Å². The lowest BCUT2D eigenvalue weighted by Gasteiger charge is -2.28. The highest BCUT2D eigenvalue weighted by atomic mass is 79.9. The summed E-state index contributed by atoms with van der Waals surface area (Å²) in [5.74, 6) is 1.12. The minimum Gasteiger partial charge on any atom is -0.396 e. The highest BCUT2D eigenvalue weighted by Crippen LogP contribution is 2.33. The van der Waals surface area contributed by atoms with Crippen LogP contribution in [0.15, 0.2) is 15.9 Å². The van der Waals surface area contributed by atoms with Crippen LogP contribution in [0.1, 0.15) is 38.0 Å². The van der Waals surface area contributed by atoms with Crippen molar-refractivity contribution < 1.29 is 5.11 Å². The van der Waals surface area contributed by atoms with E-state index in [0.29, 0.717) is 0 Å². The van der Waals surface area contributed by atoms with E-state index in [1.54, 1.807) is 23.3 Å². The van der Waals surface area contributed by atoms with Crippen molar-refractivity contribution in [1.29, 1.82) is 0 Å². The zero-order valence-corrected chi connectivity index (χ0v) is 13.6. The molecular formula is C12H20BrNOS2. The molecule has 2 N–H and O–H groups in total. The molecule has 0 amide bonds. The molecule has 1 aromatic heterocycles. The lowest BCUT2D eigenvalue weighted by atomic mass is 9.98. The summed E-state index contributed by atoms with van der Waals surface area (Å²) < 4.78 is 4.62. The Kier molecular flexibility index (Phi) is 7.11. The van der Waals surface area contributed by atoms with Gasteiger partial charge in [-0.05, 0) is 41.8 Å². The highest BCUT2D eigenvalue weighted by Gasteiger charge is 2.27. The predicted octanol–water partition coefficient (Wildman–Crippen LogP) is 4.15. The molecule has 1 aromatic rings. The first-order valence-electron chi connectivity index (χ1n) is 5.86. The summed E-state index contributed by atoms with van der Waals surface area (Å²) in [6.07, 6.45) is 3.18. The quantitative estimate of drug-likeness (QED) is 0.552. The predicted molar refractivity (Wildman–Crippen MR) is 81.6 cm³/mol. The van der Waals surface area contributed by atoms with Crippen molar-refractivity contribution in [1.82, 2.24) is 4.72 Å². The molecule has 1 heterocycles. The van der Waals surface area contributed by atoms with Crippen molar-refractivity contribution in [3.63, 3.8) is 0 Å². The van der Waals surface area contributed by atoms with Gasteiger partial charge in [-0.15, -0.1) is 11.3 Å². The second-order valence-electron chi connectivity index (χ2n) is 4.24. The number of aliphatic hydroxyl groups excluding tert-OH is 1. The van der Waals surface area contributed by atoms with Gasteiger partial charge in [0.1, 0.15) is 0 Å². The van der Waals surface area contributed by atoms with Crippen molar-refractivity contribution in [3.8, 4) is 0 Å². The van der Waals surface area contributed by atoms with Gasteiger partial charge in [0.05, 0.1) is 5.54 Å². The summed E-state index contributed by atoms with van der Waals surface area (Å²) in [6.45, 7) is 4.55. The molecule has 0 saturated carbocycles. The summed E-state index contributed by atoms with van der Waals surface area (Å²) >= 11 is 6.97. The molecule has 0 aliphatic rings. The minimum atomic E-state index is -0.135. The van der Waals surface area contributed by atoms with Gasteiger partial charge < -0.3 is 5.11 Å². The smallest absolute Gasteiger partial charge is 0.0617 e. The number of thiophene rings is 1. The van der Waals surface area contributed by atoms with Crippen LogP contribution in [-0.2, 0) is 5.54 Å². The van der Waals surface area contributed by atoms with Gasteiger partial charge in [-0.2, -0.15) is 0 Å². The lowest BCUT2D eigenvalue weighted by Crippen LogP contribution is -2.35. The SMILES string of the molecule is CCCCSN[C@@](C)(CCO)c1cc(Br)cs1. The fourth-order valence-electron chi connectivity index (χ4n) is 1.48. The third kappa shape index (κ3) is 4.91.